The molecule has 5 heteroatoms. The van der Waals surface area contributed by atoms with Gasteiger partial charge in [0, 0.05) is 6.07 Å². The van der Waals surface area contributed by atoms with E-state index in [0.29, 0.717) is 12.4 Å². The molecule has 0 heterocycles. The van der Waals surface area contributed by atoms with Gasteiger partial charge in [0.2, 0.25) is 0 Å². The van der Waals surface area contributed by atoms with Crippen molar-refractivity contribution in [1.29, 1.82) is 0 Å². The third-order valence-corrected chi connectivity index (χ3v) is 4.26. The van der Waals surface area contributed by atoms with Crippen molar-refractivity contribution in [3.05, 3.63) is 76.9 Å². The van der Waals surface area contributed by atoms with Crippen molar-refractivity contribution in [1.82, 2.24) is 0 Å². The number of benzene rings is 2. The summed E-state index contributed by atoms with van der Waals surface area (Å²) in [5.41, 5.74) is 3.58. The van der Waals surface area contributed by atoms with Gasteiger partial charge in [-0.1, -0.05) is 49.3 Å². The Morgan fingerprint density at radius 2 is 1.77 bits per heavy atom. The zero-order valence-corrected chi connectivity index (χ0v) is 17.7. The predicted molar refractivity (Wildman–Crippen MR) is 118 cm³/mol. The predicted octanol–water partition coefficient (Wildman–Crippen LogP) is 5.34. The van der Waals surface area contributed by atoms with E-state index in [-0.39, 0.29) is 17.1 Å². The average molecular weight is 408 g/mol. The van der Waals surface area contributed by atoms with Crippen LogP contribution in [0.3, 0.4) is 0 Å². The molecule has 0 bridgehead atoms. The maximum Gasteiger partial charge on any atom is 0.341 e. The number of carbonyl (C=O) groups excluding carboxylic acids is 1. The van der Waals surface area contributed by atoms with Crippen LogP contribution in [0.5, 0.6) is 11.5 Å². The lowest BCUT2D eigenvalue weighted by atomic mass is 10.1. The van der Waals surface area contributed by atoms with Crippen LogP contribution in [0, 0.1) is 0 Å². The first-order valence-corrected chi connectivity index (χ1v) is 9.95. The number of carboxylic acid groups (broad SMARTS) is 1. The Bertz CT molecular complexity index is 919. The quantitative estimate of drug-likeness (QED) is 0.308. The van der Waals surface area contributed by atoms with Crippen molar-refractivity contribution < 1.29 is 24.2 Å². The summed E-state index contributed by atoms with van der Waals surface area (Å²) in [5, 5.41) is 8.93. The second-order valence-corrected chi connectivity index (χ2v) is 7.12. The van der Waals surface area contributed by atoms with E-state index in [4.69, 9.17) is 14.6 Å². The maximum absolute atomic E-state index is 12.7. The first-order valence-electron chi connectivity index (χ1n) is 9.95. The maximum atomic E-state index is 12.7. The van der Waals surface area contributed by atoms with Crippen molar-refractivity contribution in [3.63, 3.8) is 0 Å². The summed E-state index contributed by atoms with van der Waals surface area (Å²) in [5.74, 6) is -0.712. The van der Waals surface area contributed by atoms with Crippen LogP contribution < -0.4 is 9.47 Å². The van der Waals surface area contributed by atoms with Crippen molar-refractivity contribution in [2.45, 2.75) is 33.6 Å². The highest BCUT2D eigenvalue weighted by molar-refractivity contribution is 6.08. The SMILES string of the molecule is CCCc1ccc(/C=C/C(=O)c2ccc(OCC=C(C)C)cc2OCC(=O)O)cc1. The summed E-state index contributed by atoms with van der Waals surface area (Å²) in [4.78, 5) is 23.6. The summed E-state index contributed by atoms with van der Waals surface area (Å²) in [7, 11) is 0. The van der Waals surface area contributed by atoms with Crippen molar-refractivity contribution in [2.75, 3.05) is 13.2 Å². The van der Waals surface area contributed by atoms with Crippen LogP contribution in [0.4, 0.5) is 0 Å². The normalized spacial score (nSPS) is 10.6. The summed E-state index contributed by atoms with van der Waals surface area (Å²) >= 11 is 0. The van der Waals surface area contributed by atoms with Crippen LogP contribution in [-0.2, 0) is 11.2 Å². The minimum Gasteiger partial charge on any atom is -0.489 e. The van der Waals surface area contributed by atoms with Crippen LogP contribution in [0.15, 0.2) is 60.2 Å². The smallest absolute Gasteiger partial charge is 0.341 e. The third kappa shape index (κ3) is 7.59. The Morgan fingerprint density at radius 3 is 2.40 bits per heavy atom. The number of hydrogen-bond donors (Lipinski definition) is 1. The number of aliphatic carboxylic acids is 1. The first kappa shape index (κ1) is 22.9. The number of carboxylic acids is 1. The molecule has 0 aliphatic heterocycles. The number of ether oxygens (including phenoxy) is 2. The van der Waals surface area contributed by atoms with Gasteiger partial charge in [-0.3, -0.25) is 4.79 Å². The lowest BCUT2D eigenvalue weighted by Crippen LogP contribution is -2.12. The van der Waals surface area contributed by atoms with Crippen LogP contribution in [0.2, 0.25) is 0 Å². The number of carbonyl (C=O) groups is 2. The molecule has 0 radical (unpaired) electrons. The van der Waals surface area contributed by atoms with Gasteiger partial charge in [0.15, 0.2) is 12.4 Å². The van der Waals surface area contributed by atoms with Crippen LogP contribution in [0.1, 0.15) is 48.7 Å². The van der Waals surface area contributed by atoms with E-state index in [1.54, 1.807) is 24.3 Å². The summed E-state index contributed by atoms with van der Waals surface area (Å²) in [6.07, 6.45) is 7.22. The molecule has 0 atom stereocenters. The van der Waals surface area contributed by atoms with Crippen molar-refractivity contribution in [2.24, 2.45) is 0 Å². The van der Waals surface area contributed by atoms with Gasteiger partial charge in [-0.2, -0.15) is 0 Å². The molecule has 0 spiro atoms. The molecule has 0 amide bonds. The summed E-state index contributed by atoms with van der Waals surface area (Å²) in [6, 6.07) is 12.8. The number of rotatable bonds is 11. The highest BCUT2D eigenvalue weighted by Gasteiger charge is 2.13. The highest BCUT2D eigenvalue weighted by Crippen LogP contribution is 2.26. The molecule has 0 fully saturated rings. The van der Waals surface area contributed by atoms with Crippen LogP contribution in [0.25, 0.3) is 6.08 Å². The van der Waals surface area contributed by atoms with E-state index in [0.717, 1.165) is 24.0 Å². The zero-order valence-electron chi connectivity index (χ0n) is 17.7. The number of hydrogen-bond acceptors (Lipinski definition) is 4. The Labute approximate surface area is 177 Å². The standard InChI is InChI=1S/C25H28O5/c1-4-5-19-6-8-20(9-7-19)10-13-23(26)22-12-11-21(29-15-14-18(2)3)16-24(22)30-17-25(27)28/h6-14,16H,4-5,15,17H2,1-3H3,(H,27,28)/b13-10+. The minimum absolute atomic E-state index is 0.181. The lowest BCUT2D eigenvalue weighted by Gasteiger charge is -2.11. The summed E-state index contributed by atoms with van der Waals surface area (Å²) in [6.45, 7) is 5.91. The fraction of sp³-hybridized carbons (Fsp3) is 0.280. The van der Waals surface area contributed by atoms with E-state index < -0.39 is 12.6 Å². The molecule has 158 valence electrons. The molecular weight excluding hydrogens is 380 g/mol. The Balaban J connectivity index is 2.18. The molecule has 0 aliphatic rings. The minimum atomic E-state index is -1.12. The van der Waals surface area contributed by atoms with Gasteiger partial charge in [0.05, 0.1) is 5.56 Å². The lowest BCUT2D eigenvalue weighted by molar-refractivity contribution is -0.139. The van der Waals surface area contributed by atoms with Gasteiger partial charge in [0.1, 0.15) is 18.1 Å². The molecule has 0 saturated carbocycles. The van der Waals surface area contributed by atoms with E-state index in [2.05, 4.69) is 6.92 Å². The van der Waals surface area contributed by atoms with Crippen LogP contribution in [-0.4, -0.2) is 30.1 Å². The van der Waals surface area contributed by atoms with Gasteiger partial charge >= 0.3 is 5.97 Å². The number of allylic oxidation sites excluding steroid dienone is 2. The zero-order chi connectivity index (χ0) is 21.9. The first-order chi connectivity index (χ1) is 14.4. The fourth-order valence-corrected chi connectivity index (χ4v) is 2.71. The molecule has 0 unspecified atom stereocenters. The number of aryl methyl sites for hydroxylation is 1. The summed E-state index contributed by atoms with van der Waals surface area (Å²) < 4.78 is 11.0. The molecule has 2 aromatic carbocycles. The second-order valence-electron chi connectivity index (χ2n) is 7.12. The second kappa shape index (κ2) is 11.6. The molecule has 30 heavy (non-hydrogen) atoms. The Hall–Kier alpha value is -3.34. The van der Waals surface area contributed by atoms with Crippen LogP contribution >= 0.6 is 0 Å². The highest BCUT2D eigenvalue weighted by atomic mass is 16.5. The van der Waals surface area contributed by atoms with E-state index in [1.807, 2.05) is 44.2 Å². The third-order valence-electron chi connectivity index (χ3n) is 4.26. The molecule has 5 nitrogen and oxygen atoms in total. The largest absolute Gasteiger partial charge is 0.489 e. The van der Waals surface area contributed by atoms with E-state index >= 15 is 0 Å². The molecular formula is C25H28O5. The molecule has 0 aliphatic carbocycles. The molecule has 1 N–H and O–H groups in total. The van der Waals surface area contributed by atoms with E-state index in [9.17, 15) is 9.59 Å². The number of ketones is 1. The topological polar surface area (TPSA) is 72.8 Å². The fourth-order valence-electron chi connectivity index (χ4n) is 2.71. The van der Waals surface area contributed by atoms with Crippen molar-refractivity contribution in [3.8, 4) is 11.5 Å². The van der Waals surface area contributed by atoms with Gasteiger partial charge < -0.3 is 14.6 Å². The van der Waals surface area contributed by atoms with E-state index in [1.165, 1.54) is 11.6 Å². The van der Waals surface area contributed by atoms with Gasteiger partial charge in [-0.05, 0) is 55.7 Å². The molecule has 2 aromatic rings. The molecule has 0 aromatic heterocycles. The Morgan fingerprint density at radius 1 is 1.03 bits per heavy atom. The average Bonchev–Trinajstić information content (AvgIpc) is 2.71. The van der Waals surface area contributed by atoms with Gasteiger partial charge in [0.25, 0.3) is 0 Å². The Kier molecular flexibility index (Phi) is 8.88. The molecule has 0 saturated heterocycles. The van der Waals surface area contributed by atoms with Gasteiger partial charge in [-0.15, -0.1) is 0 Å². The molecule has 2 rings (SSSR count). The van der Waals surface area contributed by atoms with Gasteiger partial charge in [-0.25, -0.2) is 4.79 Å². The van der Waals surface area contributed by atoms with Crippen molar-refractivity contribution >= 4 is 17.8 Å². The monoisotopic (exact) mass is 408 g/mol.